The summed E-state index contributed by atoms with van der Waals surface area (Å²) in [5.74, 6) is 0.127. The van der Waals surface area contributed by atoms with Crippen LogP contribution in [0.3, 0.4) is 0 Å². The molecule has 3 aromatic rings. The van der Waals surface area contributed by atoms with Crippen molar-refractivity contribution >= 4 is 35.7 Å². The Morgan fingerprint density at radius 3 is 1.27 bits per heavy atom. The number of rotatable bonds is 12. The molecule has 0 saturated heterocycles. The summed E-state index contributed by atoms with van der Waals surface area (Å²) in [6.07, 6.45) is 7.67. The molecule has 3 rings (SSSR count). The zero-order chi connectivity index (χ0) is 36.6. The van der Waals surface area contributed by atoms with Crippen molar-refractivity contribution in [3.63, 3.8) is 0 Å². The average molecular weight is 718 g/mol. The van der Waals surface area contributed by atoms with Gasteiger partial charge in [0, 0.05) is 35.5 Å². The predicted octanol–water partition coefficient (Wildman–Crippen LogP) is 7.53. The van der Waals surface area contributed by atoms with Crippen LogP contribution in [0.2, 0.25) is 0 Å². The molecule has 0 aliphatic carbocycles. The molecule has 0 aliphatic heterocycles. The van der Waals surface area contributed by atoms with Crippen LogP contribution in [0.25, 0.3) is 0 Å². The number of aliphatic imine (C=N–C) groups is 2. The van der Waals surface area contributed by atoms with Crippen LogP contribution in [0.1, 0.15) is 127 Å². The molecule has 0 unspecified atom stereocenters. The summed E-state index contributed by atoms with van der Waals surface area (Å²) >= 11 is 0. The molecular weight excluding hydrogens is 663 g/mol. The second-order valence-electron chi connectivity index (χ2n) is 13.4. The Bertz CT molecular complexity index is 1430. The van der Waals surface area contributed by atoms with E-state index in [1.54, 1.807) is 12.4 Å². The number of carbonyl (C=O) groups excluding carboxylic acids is 2. The van der Waals surface area contributed by atoms with E-state index in [1.165, 1.54) is 11.1 Å². The van der Waals surface area contributed by atoms with Crippen molar-refractivity contribution < 1.29 is 46.8 Å². The Hall–Kier alpha value is -3.95. The second-order valence-corrected chi connectivity index (χ2v) is 13.4. The van der Waals surface area contributed by atoms with E-state index in [0.29, 0.717) is 23.3 Å². The van der Waals surface area contributed by atoms with E-state index in [-0.39, 0.29) is 28.6 Å². The van der Waals surface area contributed by atoms with Crippen LogP contribution < -0.4 is 10.2 Å². The molecule has 49 heavy (non-hydrogen) atoms. The standard InChI is InChI=1S/C36H48N2O2.2C2H4O2.Co/c1-23(2)12-14-27-16-29(35(39)33(18-27)25(5)6)21-37-31-10-9-11-32(20-31)38-22-30-17-28(15-13-24(3)4)19-34(26(7)8)36(30)40;2*1-2(3)4;/h9-11,16-26,39-40H,12-15H2,1-8H3;2*1H3,(H,3,4);/q;;;+2/p-2. The van der Waals surface area contributed by atoms with Gasteiger partial charge in [-0.15, -0.1) is 0 Å². The monoisotopic (exact) mass is 717 g/mol. The van der Waals surface area contributed by atoms with Crippen LogP contribution in [-0.2, 0) is 39.2 Å². The molecule has 269 valence electrons. The van der Waals surface area contributed by atoms with E-state index < -0.39 is 11.9 Å². The zero-order valence-corrected chi connectivity index (χ0v) is 31.7. The van der Waals surface area contributed by atoms with Gasteiger partial charge in [0.05, 0.1) is 11.4 Å². The summed E-state index contributed by atoms with van der Waals surface area (Å²) < 4.78 is 0. The van der Waals surface area contributed by atoms with Gasteiger partial charge in [-0.1, -0.05) is 73.6 Å². The predicted molar refractivity (Wildman–Crippen MR) is 193 cm³/mol. The van der Waals surface area contributed by atoms with Crippen LogP contribution in [0.4, 0.5) is 11.4 Å². The maximum absolute atomic E-state index is 10.9. The number of hydrogen-bond acceptors (Lipinski definition) is 8. The van der Waals surface area contributed by atoms with E-state index in [0.717, 1.165) is 73.2 Å². The summed E-state index contributed by atoms with van der Waals surface area (Å²) in [7, 11) is 0. The van der Waals surface area contributed by atoms with E-state index in [9.17, 15) is 10.2 Å². The Kier molecular flexibility index (Phi) is 20.8. The van der Waals surface area contributed by atoms with E-state index in [1.807, 2.05) is 24.3 Å². The van der Waals surface area contributed by atoms with Crippen LogP contribution in [0.15, 0.2) is 58.5 Å². The number of aromatic hydroxyl groups is 2. The third-order valence-electron chi connectivity index (χ3n) is 7.26. The molecule has 2 N–H and O–H groups in total. The maximum Gasteiger partial charge on any atom is 2.00 e. The number of phenolic OH excluding ortho intramolecular Hbond substituents is 2. The molecule has 0 saturated carbocycles. The van der Waals surface area contributed by atoms with E-state index in [2.05, 4.69) is 79.7 Å². The molecule has 8 nitrogen and oxygen atoms in total. The Morgan fingerprint density at radius 2 is 0.980 bits per heavy atom. The first kappa shape index (κ1) is 45.0. The molecule has 0 heterocycles. The average Bonchev–Trinajstić information content (AvgIpc) is 2.98. The van der Waals surface area contributed by atoms with Gasteiger partial charge in [-0.2, -0.15) is 0 Å². The number of aryl methyl sites for hydroxylation is 2. The van der Waals surface area contributed by atoms with Crippen molar-refractivity contribution in [2.75, 3.05) is 0 Å². The Labute approximate surface area is 303 Å². The SMILES string of the molecule is CC(=O)[O-].CC(=O)[O-].CC(C)CCc1cc(C=Nc2cccc(N=Cc3cc(CCC(C)C)cc(C(C)C)c3O)c2)c(O)c(C(C)C)c1.[Co+2]. The fourth-order valence-corrected chi connectivity index (χ4v) is 4.71. The fourth-order valence-electron chi connectivity index (χ4n) is 4.71. The van der Waals surface area contributed by atoms with Crippen molar-refractivity contribution in [2.45, 2.75) is 107 Å². The molecule has 0 aliphatic rings. The third kappa shape index (κ3) is 17.9. The molecule has 0 fully saturated rings. The number of phenols is 2. The summed E-state index contributed by atoms with van der Waals surface area (Å²) in [5, 5.41) is 39.7. The summed E-state index contributed by atoms with van der Waals surface area (Å²) in [5.41, 5.74) is 7.36. The first-order chi connectivity index (χ1) is 22.4. The van der Waals surface area contributed by atoms with Crippen molar-refractivity contribution in [3.05, 3.63) is 81.9 Å². The first-order valence-electron chi connectivity index (χ1n) is 16.7. The number of hydrogen-bond donors (Lipinski definition) is 2. The minimum absolute atomic E-state index is 0. The molecule has 3 aromatic carbocycles. The number of carboxylic acids is 2. The first-order valence-corrected chi connectivity index (χ1v) is 16.7. The van der Waals surface area contributed by atoms with Gasteiger partial charge in [0.1, 0.15) is 11.5 Å². The Balaban J connectivity index is 0.00000230. The number of aliphatic carboxylic acids is 2. The fraction of sp³-hybridized carbons (Fsp3) is 0.450. The van der Waals surface area contributed by atoms with Gasteiger partial charge in [-0.3, -0.25) is 9.98 Å². The minimum Gasteiger partial charge on any atom is -0.550 e. The summed E-state index contributed by atoms with van der Waals surface area (Å²) in [6.45, 7) is 19.3. The van der Waals surface area contributed by atoms with Gasteiger partial charge in [-0.25, -0.2) is 0 Å². The van der Waals surface area contributed by atoms with Crippen LogP contribution in [0, 0.1) is 11.8 Å². The summed E-state index contributed by atoms with van der Waals surface area (Å²) in [6, 6.07) is 16.1. The van der Waals surface area contributed by atoms with E-state index >= 15 is 0 Å². The zero-order valence-electron chi connectivity index (χ0n) is 30.7. The molecule has 1 radical (unpaired) electrons. The molecule has 0 spiro atoms. The van der Waals surface area contributed by atoms with Gasteiger partial charge >= 0.3 is 16.8 Å². The van der Waals surface area contributed by atoms with Crippen LogP contribution >= 0.6 is 0 Å². The Morgan fingerprint density at radius 1 is 0.653 bits per heavy atom. The second kappa shape index (κ2) is 22.6. The number of benzene rings is 3. The molecule has 0 atom stereocenters. The van der Waals surface area contributed by atoms with Crippen molar-refractivity contribution in [1.82, 2.24) is 0 Å². The van der Waals surface area contributed by atoms with Crippen molar-refractivity contribution in [3.8, 4) is 11.5 Å². The summed E-state index contributed by atoms with van der Waals surface area (Å²) in [4.78, 5) is 27.2. The molecule has 0 bridgehead atoms. The molecule has 9 heteroatoms. The number of carboxylic acid groups (broad SMARTS) is 2. The smallest absolute Gasteiger partial charge is 0.550 e. The van der Waals surface area contributed by atoms with Crippen molar-refractivity contribution in [2.24, 2.45) is 21.8 Å². The molecular formula is C40H54CoN2O6. The normalized spacial score (nSPS) is 11.1. The topological polar surface area (TPSA) is 145 Å². The van der Waals surface area contributed by atoms with Gasteiger partial charge < -0.3 is 30.0 Å². The van der Waals surface area contributed by atoms with Gasteiger partial charge in [-0.05, 0) is 116 Å². The van der Waals surface area contributed by atoms with Gasteiger partial charge in [0.25, 0.3) is 0 Å². The van der Waals surface area contributed by atoms with E-state index in [4.69, 9.17) is 29.8 Å². The van der Waals surface area contributed by atoms with Gasteiger partial charge in [0.2, 0.25) is 0 Å². The maximum atomic E-state index is 10.9. The number of nitrogens with zero attached hydrogens (tertiary/aromatic N) is 2. The quantitative estimate of drug-likeness (QED) is 0.185. The molecule has 0 amide bonds. The molecule has 0 aromatic heterocycles. The van der Waals surface area contributed by atoms with Crippen molar-refractivity contribution in [1.29, 1.82) is 0 Å². The third-order valence-corrected chi connectivity index (χ3v) is 7.26. The largest absolute Gasteiger partial charge is 2.00 e. The van der Waals surface area contributed by atoms with Gasteiger partial charge in [0.15, 0.2) is 0 Å². The number of carbonyl (C=O) groups is 2. The minimum atomic E-state index is -1.08. The van der Waals surface area contributed by atoms with Crippen LogP contribution in [0.5, 0.6) is 11.5 Å². The van der Waals surface area contributed by atoms with Crippen LogP contribution in [-0.4, -0.2) is 34.6 Å².